The van der Waals surface area contributed by atoms with E-state index in [0.29, 0.717) is 0 Å². The topological polar surface area (TPSA) is 40.5 Å². The summed E-state index contributed by atoms with van der Waals surface area (Å²) in [6.45, 7) is 0.926. The van der Waals surface area contributed by atoms with E-state index in [1.807, 2.05) is 30.4 Å². The summed E-state index contributed by atoms with van der Waals surface area (Å²) >= 11 is 0. The van der Waals surface area contributed by atoms with Gasteiger partial charge < -0.3 is 10.0 Å². The van der Waals surface area contributed by atoms with Crippen LogP contribution in [0.15, 0.2) is 67.0 Å². The van der Waals surface area contributed by atoms with Crippen LogP contribution in [-0.4, -0.2) is 16.0 Å². The van der Waals surface area contributed by atoms with Crippen molar-refractivity contribution in [2.45, 2.75) is 25.8 Å². The SMILES string of the molecule is C1=CC=CN(Cc2ccccc2)C=C1.O=C(O)C1CCC1. The lowest BCUT2D eigenvalue weighted by atomic mass is 9.86. The van der Waals surface area contributed by atoms with Crippen LogP contribution in [0.2, 0.25) is 0 Å². The lowest BCUT2D eigenvalue weighted by Crippen LogP contribution is -2.20. The van der Waals surface area contributed by atoms with E-state index in [9.17, 15) is 4.79 Å². The summed E-state index contributed by atoms with van der Waals surface area (Å²) in [4.78, 5) is 12.1. The first-order valence-electron chi connectivity index (χ1n) is 7.30. The minimum absolute atomic E-state index is 0.000000000000000444. The number of nitrogens with zero attached hydrogens (tertiary/aromatic N) is 1. The molecular weight excluding hydrogens is 262 g/mol. The highest BCUT2D eigenvalue weighted by Gasteiger charge is 2.23. The fraction of sp³-hybridized carbons (Fsp3) is 0.278. The first-order chi connectivity index (χ1) is 10.3. The molecule has 0 saturated heterocycles. The van der Waals surface area contributed by atoms with Gasteiger partial charge in [0.25, 0.3) is 0 Å². The van der Waals surface area contributed by atoms with Crippen LogP contribution in [0, 0.1) is 5.92 Å². The largest absolute Gasteiger partial charge is 0.481 e. The van der Waals surface area contributed by atoms with Gasteiger partial charge in [0.15, 0.2) is 0 Å². The third-order valence-electron chi connectivity index (χ3n) is 3.55. The van der Waals surface area contributed by atoms with Crippen molar-refractivity contribution >= 4 is 5.97 Å². The lowest BCUT2D eigenvalue weighted by molar-refractivity contribution is -0.144. The third-order valence-corrected chi connectivity index (χ3v) is 3.55. The fourth-order valence-corrected chi connectivity index (χ4v) is 2.05. The van der Waals surface area contributed by atoms with Crippen LogP contribution >= 0.6 is 0 Å². The molecule has 0 bridgehead atoms. The molecule has 110 valence electrons. The van der Waals surface area contributed by atoms with Crippen LogP contribution in [0.25, 0.3) is 0 Å². The molecule has 1 heterocycles. The smallest absolute Gasteiger partial charge is 0.306 e. The zero-order valence-electron chi connectivity index (χ0n) is 12.1. The molecule has 0 aromatic heterocycles. The molecule has 1 N–H and O–H groups in total. The van der Waals surface area contributed by atoms with Crippen LogP contribution in [0.4, 0.5) is 0 Å². The predicted octanol–water partition coefficient (Wildman–Crippen LogP) is 3.96. The fourth-order valence-electron chi connectivity index (χ4n) is 2.05. The number of hydrogen-bond donors (Lipinski definition) is 1. The van der Waals surface area contributed by atoms with Crippen molar-refractivity contribution in [2.24, 2.45) is 5.92 Å². The Hall–Kier alpha value is -2.29. The molecule has 0 spiro atoms. The van der Waals surface area contributed by atoms with E-state index in [1.54, 1.807) is 0 Å². The van der Waals surface area contributed by atoms with Crippen LogP contribution in [-0.2, 0) is 11.3 Å². The Labute approximate surface area is 125 Å². The van der Waals surface area contributed by atoms with Gasteiger partial charge in [-0.25, -0.2) is 0 Å². The summed E-state index contributed by atoms with van der Waals surface area (Å²) in [6.07, 6.45) is 15.2. The quantitative estimate of drug-likeness (QED) is 0.913. The molecule has 3 nitrogen and oxygen atoms in total. The number of carboxylic acid groups (broad SMARTS) is 1. The average Bonchev–Trinajstić information content (AvgIpc) is 2.67. The molecule has 21 heavy (non-hydrogen) atoms. The third kappa shape index (κ3) is 5.30. The maximum atomic E-state index is 9.98. The number of allylic oxidation sites excluding steroid dienone is 4. The van der Waals surface area contributed by atoms with Gasteiger partial charge in [-0.2, -0.15) is 0 Å². The van der Waals surface area contributed by atoms with Gasteiger partial charge in [-0.3, -0.25) is 4.79 Å². The van der Waals surface area contributed by atoms with E-state index in [-0.39, 0.29) is 5.92 Å². The minimum atomic E-state index is -0.619. The molecular formula is C18H21NO2. The Kier molecular flexibility index (Phi) is 5.83. The van der Waals surface area contributed by atoms with E-state index >= 15 is 0 Å². The van der Waals surface area contributed by atoms with E-state index in [4.69, 9.17) is 5.11 Å². The lowest BCUT2D eigenvalue weighted by Gasteiger charge is -2.19. The molecule has 0 unspecified atom stereocenters. The van der Waals surface area contributed by atoms with E-state index in [1.165, 1.54) is 5.56 Å². The number of hydrogen-bond acceptors (Lipinski definition) is 2. The molecule has 1 aliphatic carbocycles. The number of carbonyl (C=O) groups is 1. The van der Waals surface area contributed by atoms with Crippen molar-refractivity contribution in [3.05, 3.63) is 72.6 Å². The zero-order valence-corrected chi connectivity index (χ0v) is 12.1. The van der Waals surface area contributed by atoms with Crippen molar-refractivity contribution in [1.29, 1.82) is 0 Å². The molecule has 0 radical (unpaired) electrons. The molecule has 1 aliphatic heterocycles. The second-order valence-corrected chi connectivity index (χ2v) is 5.19. The van der Waals surface area contributed by atoms with Crippen molar-refractivity contribution in [3.63, 3.8) is 0 Å². The van der Waals surface area contributed by atoms with Gasteiger partial charge in [0.2, 0.25) is 0 Å². The van der Waals surface area contributed by atoms with Crippen LogP contribution in [0.1, 0.15) is 24.8 Å². The van der Waals surface area contributed by atoms with Crippen LogP contribution < -0.4 is 0 Å². The van der Waals surface area contributed by atoms with Crippen LogP contribution in [0.5, 0.6) is 0 Å². The number of benzene rings is 1. The second-order valence-electron chi connectivity index (χ2n) is 5.19. The highest BCUT2D eigenvalue weighted by molar-refractivity contribution is 5.70. The minimum Gasteiger partial charge on any atom is -0.481 e. The Bertz CT molecular complexity index is 511. The van der Waals surface area contributed by atoms with Gasteiger partial charge in [-0.15, -0.1) is 0 Å². The molecule has 0 amide bonds. The van der Waals surface area contributed by atoms with E-state index < -0.39 is 5.97 Å². The zero-order chi connectivity index (χ0) is 14.9. The Morgan fingerprint density at radius 3 is 2.10 bits per heavy atom. The molecule has 3 heteroatoms. The molecule has 0 atom stereocenters. The predicted molar refractivity (Wildman–Crippen MR) is 84.4 cm³/mol. The summed E-state index contributed by atoms with van der Waals surface area (Å²) in [5, 5.41) is 8.23. The maximum absolute atomic E-state index is 9.98. The Balaban J connectivity index is 0.000000194. The standard InChI is InChI=1S/C13H13N.C5H8O2/c1-2-7-11-14(10-6-1)12-13-8-4-3-5-9-13;6-5(7)4-2-1-3-4/h1-11H,12H2;4H,1-3H2,(H,6,7). The Morgan fingerprint density at radius 2 is 1.67 bits per heavy atom. The highest BCUT2D eigenvalue weighted by atomic mass is 16.4. The van der Waals surface area contributed by atoms with Gasteiger partial charge in [0.05, 0.1) is 5.92 Å². The van der Waals surface area contributed by atoms with Gasteiger partial charge in [-0.05, 0) is 30.6 Å². The average molecular weight is 283 g/mol. The highest BCUT2D eigenvalue weighted by Crippen LogP contribution is 2.25. The van der Waals surface area contributed by atoms with Crippen LogP contribution in [0.3, 0.4) is 0 Å². The van der Waals surface area contributed by atoms with Gasteiger partial charge in [0.1, 0.15) is 0 Å². The second kappa shape index (κ2) is 8.10. The molecule has 2 aliphatic rings. The van der Waals surface area contributed by atoms with Crippen molar-refractivity contribution in [2.75, 3.05) is 0 Å². The van der Waals surface area contributed by atoms with Gasteiger partial charge in [-0.1, -0.05) is 48.9 Å². The van der Waals surface area contributed by atoms with Crippen molar-refractivity contribution < 1.29 is 9.90 Å². The monoisotopic (exact) mass is 283 g/mol. The van der Waals surface area contributed by atoms with E-state index in [0.717, 1.165) is 25.8 Å². The summed E-state index contributed by atoms with van der Waals surface area (Å²) in [6, 6.07) is 10.5. The van der Waals surface area contributed by atoms with Crippen molar-refractivity contribution in [3.8, 4) is 0 Å². The number of carboxylic acids is 1. The molecule has 1 aromatic carbocycles. The molecule has 1 saturated carbocycles. The molecule has 1 fully saturated rings. The summed E-state index contributed by atoms with van der Waals surface area (Å²) < 4.78 is 0. The van der Waals surface area contributed by atoms with Gasteiger partial charge in [0, 0.05) is 18.9 Å². The van der Waals surface area contributed by atoms with E-state index in [2.05, 4.69) is 41.6 Å². The first-order valence-corrected chi connectivity index (χ1v) is 7.30. The molecule has 3 rings (SSSR count). The first kappa shape index (κ1) is 15.1. The van der Waals surface area contributed by atoms with Crippen molar-refractivity contribution in [1.82, 2.24) is 4.90 Å². The normalized spacial score (nSPS) is 16.7. The Morgan fingerprint density at radius 1 is 1.05 bits per heavy atom. The number of aliphatic carboxylic acids is 1. The molecule has 1 aromatic rings. The summed E-state index contributed by atoms with van der Waals surface area (Å²) in [5.41, 5.74) is 1.32. The number of rotatable bonds is 3. The van der Waals surface area contributed by atoms with Gasteiger partial charge >= 0.3 is 5.97 Å². The summed E-state index contributed by atoms with van der Waals surface area (Å²) in [7, 11) is 0. The summed E-state index contributed by atoms with van der Waals surface area (Å²) in [5.74, 6) is -0.619. The maximum Gasteiger partial charge on any atom is 0.306 e.